The molecule has 1 aromatic carbocycles. The summed E-state index contributed by atoms with van der Waals surface area (Å²) in [6.07, 6.45) is 1.66. The highest BCUT2D eigenvalue weighted by atomic mass is 79.9. The summed E-state index contributed by atoms with van der Waals surface area (Å²) in [5.74, 6) is 0.950. The highest BCUT2D eigenvalue weighted by molar-refractivity contribution is 9.10. The molecule has 0 spiro atoms. The quantitative estimate of drug-likeness (QED) is 0.913. The number of hydrogen-bond acceptors (Lipinski definition) is 2. The second kappa shape index (κ2) is 5.52. The summed E-state index contributed by atoms with van der Waals surface area (Å²) >= 11 is 3.55. The van der Waals surface area contributed by atoms with Gasteiger partial charge in [0.1, 0.15) is 5.75 Å². The van der Waals surface area contributed by atoms with E-state index < -0.39 is 0 Å². The minimum absolute atomic E-state index is 0.224. The number of rotatable bonds is 4. The maximum Gasteiger partial charge on any atom is 0.125 e. The summed E-state index contributed by atoms with van der Waals surface area (Å²) in [6, 6.07) is 2.07. The van der Waals surface area contributed by atoms with Crippen LogP contribution in [0.4, 0.5) is 0 Å². The number of ether oxygens (including phenoxy) is 1. The molecule has 3 heteroatoms. The zero-order valence-electron chi connectivity index (χ0n) is 9.43. The van der Waals surface area contributed by atoms with Crippen LogP contribution in [0.3, 0.4) is 0 Å². The van der Waals surface area contributed by atoms with Gasteiger partial charge in [0, 0.05) is 11.1 Å². The molecule has 0 saturated carbocycles. The van der Waals surface area contributed by atoms with Crippen molar-refractivity contribution in [2.24, 2.45) is 0 Å². The Labute approximate surface area is 99.4 Å². The molecule has 2 nitrogen and oxygen atoms in total. The smallest absolute Gasteiger partial charge is 0.125 e. The Hall–Kier alpha value is -0.540. The molecular formula is C12H17BrO2. The molecule has 0 amide bonds. The predicted octanol–water partition coefficient (Wildman–Crippen LogP) is 3.00. The van der Waals surface area contributed by atoms with E-state index in [-0.39, 0.29) is 6.61 Å². The summed E-state index contributed by atoms with van der Waals surface area (Å²) in [6.45, 7) is 4.32. The van der Waals surface area contributed by atoms with Gasteiger partial charge in [0.15, 0.2) is 0 Å². The van der Waals surface area contributed by atoms with Crippen molar-refractivity contribution in [1.29, 1.82) is 0 Å². The highest BCUT2D eigenvalue weighted by Crippen LogP contribution is 2.32. The van der Waals surface area contributed by atoms with Crippen molar-refractivity contribution in [1.82, 2.24) is 0 Å². The predicted molar refractivity (Wildman–Crippen MR) is 65.6 cm³/mol. The van der Waals surface area contributed by atoms with Crippen LogP contribution in [0, 0.1) is 13.8 Å². The second-order valence-corrected chi connectivity index (χ2v) is 4.49. The third kappa shape index (κ3) is 2.73. The van der Waals surface area contributed by atoms with Gasteiger partial charge < -0.3 is 9.84 Å². The molecule has 0 unspecified atom stereocenters. The molecule has 0 saturated heterocycles. The van der Waals surface area contributed by atoms with Gasteiger partial charge in [0.2, 0.25) is 0 Å². The average molecular weight is 273 g/mol. The zero-order chi connectivity index (χ0) is 11.4. The fourth-order valence-electron chi connectivity index (χ4n) is 1.83. The van der Waals surface area contributed by atoms with Gasteiger partial charge in [-0.15, -0.1) is 0 Å². The number of halogens is 1. The molecule has 15 heavy (non-hydrogen) atoms. The molecule has 0 aliphatic heterocycles. The first-order chi connectivity index (χ1) is 7.11. The van der Waals surface area contributed by atoms with Crippen LogP contribution in [-0.2, 0) is 6.42 Å². The van der Waals surface area contributed by atoms with Gasteiger partial charge in [-0.2, -0.15) is 0 Å². The zero-order valence-corrected chi connectivity index (χ0v) is 11.0. The maximum absolute atomic E-state index is 8.84. The first-order valence-electron chi connectivity index (χ1n) is 5.05. The van der Waals surface area contributed by atoms with Crippen molar-refractivity contribution in [3.63, 3.8) is 0 Å². The molecule has 0 atom stereocenters. The first kappa shape index (κ1) is 12.5. The topological polar surface area (TPSA) is 29.5 Å². The molecule has 0 aliphatic rings. The maximum atomic E-state index is 8.84. The van der Waals surface area contributed by atoms with Gasteiger partial charge in [0.25, 0.3) is 0 Å². The number of hydrogen-bond donors (Lipinski definition) is 1. The molecule has 1 aromatic rings. The van der Waals surface area contributed by atoms with Crippen LogP contribution in [0.2, 0.25) is 0 Å². The number of aliphatic hydroxyl groups is 1. The number of methoxy groups -OCH3 is 1. The van der Waals surface area contributed by atoms with Crippen molar-refractivity contribution < 1.29 is 9.84 Å². The van der Waals surface area contributed by atoms with E-state index >= 15 is 0 Å². The summed E-state index contributed by atoms with van der Waals surface area (Å²) in [4.78, 5) is 0. The SMILES string of the molecule is COc1c(C)cc(Br)c(CCCO)c1C. The standard InChI is InChI=1S/C12H17BrO2/c1-8-7-11(13)10(5-4-6-14)9(2)12(8)15-3/h7,14H,4-6H2,1-3H3. The summed E-state index contributed by atoms with van der Waals surface area (Å²) < 4.78 is 6.47. The van der Waals surface area contributed by atoms with Crippen molar-refractivity contribution in [3.8, 4) is 5.75 Å². The lowest BCUT2D eigenvalue weighted by Gasteiger charge is -2.15. The Morgan fingerprint density at radius 3 is 2.60 bits per heavy atom. The molecule has 0 aliphatic carbocycles. The van der Waals surface area contributed by atoms with E-state index in [4.69, 9.17) is 9.84 Å². The fraction of sp³-hybridized carbons (Fsp3) is 0.500. The van der Waals surface area contributed by atoms with Gasteiger partial charge >= 0.3 is 0 Å². The third-order valence-corrected chi connectivity index (χ3v) is 3.28. The van der Waals surface area contributed by atoms with Crippen molar-refractivity contribution in [2.75, 3.05) is 13.7 Å². The highest BCUT2D eigenvalue weighted by Gasteiger charge is 2.11. The van der Waals surface area contributed by atoms with Crippen LogP contribution >= 0.6 is 15.9 Å². The minimum atomic E-state index is 0.224. The molecule has 0 fully saturated rings. The monoisotopic (exact) mass is 272 g/mol. The Morgan fingerprint density at radius 1 is 1.40 bits per heavy atom. The molecule has 84 valence electrons. The van der Waals surface area contributed by atoms with Crippen molar-refractivity contribution in [3.05, 3.63) is 27.2 Å². The molecular weight excluding hydrogens is 256 g/mol. The molecule has 1 rings (SSSR count). The summed E-state index contributed by atoms with van der Waals surface area (Å²) in [5, 5.41) is 8.84. The summed E-state index contributed by atoms with van der Waals surface area (Å²) in [5.41, 5.74) is 3.53. The van der Waals surface area contributed by atoms with Crippen LogP contribution in [0.1, 0.15) is 23.1 Å². The minimum Gasteiger partial charge on any atom is -0.496 e. The third-order valence-electron chi connectivity index (χ3n) is 2.57. The van der Waals surface area contributed by atoms with E-state index in [1.165, 1.54) is 5.56 Å². The molecule has 0 bridgehead atoms. The van der Waals surface area contributed by atoms with Gasteiger partial charge in [-0.3, -0.25) is 0 Å². The summed E-state index contributed by atoms with van der Waals surface area (Å²) in [7, 11) is 1.69. The Kier molecular flexibility index (Phi) is 4.61. The Morgan fingerprint density at radius 2 is 2.07 bits per heavy atom. The van der Waals surface area contributed by atoms with E-state index in [1.54, 1.807) is 7.11 Å². The van der Waals surface area contributed by atoms with E-state index in [2.05, 4.69) is 28.9 Å². The number of aliphatic hydroxyl groups excluding tert-OH is 1. The largest absolute Gasteiger partial charge is 0.496 e. The number of benzene rings is 1. The van der Waals surface area contributed by atoms with Gasteiger partial charge in [-0.05, 0) is 49.4 Å². The van der Waals surface area contributed by atoms with Crippen LogP contribution in [0.25, 0.3) is 0 Å². The van der Waals surface area contributed by atoms with Gasteiger partial charge in [-0.1, -0.05) is 15.9 Å². The molecule has 0 heterocycles. The van der Waals surface area contributed by atoms with E-state index in [1.807, 2.05) is 6.92 Å². The van der Waals surface area contributed by atoms with Gasteiger partial charge in [0.05, 0.1) is 7.11 Å². The molecule has 0 radical (unpaired) electrons. The number of aryl methyl sites for hydroxylation is 1. The van der Waals surface area contributed by atoms with E-state index in [0.717, 1.165) is 34.2 Å². The lowest BCUT2D eigenvalue weighted by atomic mass is 10.0. The second-order valence-electron chi connectivity index (χ2n) is 3.64. The van der Waals surface area contributed by atoms with Gasteiger partial charge in [-0.25, -0.2) is 0 Å². The fourth-order valence-corrected chi connectivity index (χ4v) is 2.67. The van der Waals surface area contributed by atoms with Crippen molar-refractivity contribution in [2.45, 2.75) is 26.7 Å². The van der Waals surface area contributed by atoms with Crippen molar-refractivity contribution >= 4 is 15.9 Å². The lowest BCUT2D eigenvalue weighted by molar-refractivity contribution is 0.288. The Balaban J connectivity index is 3.14. The molecule has 0 aromatic heterocycles. The lowest BCUT2D eigenvalue weighted by Crippen LogP contribution is -1.99. The Bertz CT molecular complexity index is 348. The molecule has 1 N–H and O–H groups in total. The van der Waals surface area contributed by atoms with Crippen LogP contribution < -0.4 is 4.74 Å². The van der Waals surface area contributed by atoms with Crippen LogP contribution in [0.15, 0.2) is 10.5 Å². The van der Waals surface area contributed by atoms with E-state index in [0.29, 0.717) is 0 Å². The normalized spacial score (nSPS) is 10.5. The average Bonchev–Trinajstić information content (AvgIpc) is 2.17. The van der Waals surface area contributed by atoms with Crippen LogP contribution in [0.5, 0.6) is 5.75 Å². The first-order valence-corrected chi connectivity index (χ1v) is 5.84. The van der Waals surface area contributed by atoms with E-state index in [9.17, 15) is 0 Å². The van der Waals surface area contributed by atoms with Crippen LogP contribution in [-0.4, -0.2) is 18.8 Å².